The van der Waals surface area contributed by atoms with Gasteiger partial charge >= 0.3 is 0 Å². The Hall–Kier alpha value is -1.26. The molecule has 1 heterocycles. The lowest BCUT2D eigenvalue weighted by atomic mass is 10.0. The number of carbonyl (C=O) groups excluding carboxylic acids is 1. The topological polar surface area (TPSA) is 44.8 Å². The van der Waals surface area contributed by atoms with Crippen LogP contribution in [-0.4, -0.2) is 25.8 Å². The Balaban J connectivity index is 1.95. The molecule has 104 valence electrons. The third-order valence-corrected chi connectivity index (χ3v) is 3.54. The molecule has 0 saturated carbocycles. The predicted octanol–water partition coefficient (Wildman–Crippen LogP) is 3.00. The third kappa shape index (κ3) is 3.39. The second kappa shape index (κ2) is 6.26. The molecule has 0 fully saturated rings. The quantitative estimate of drug-likeness (QED) is 0.805. The van der Waals surface area contributed by atoms with Crippen molar-refractivity contribution in [2.24, 2.45) is 0 Å². The van der Waals surface area contributed by atoms with Crippen LogP contribution in [0.3, 0.4) is 0 Å². The highest BCUT2D eigenvalue weighted by atomic mass is 35.5. The van der Waals surface area contributed by atoms with Gasteiger partial charge in [-0.25, -0.2) is 0 Å². The Kier molecular flexibility index (Phi) is 4.66. The van der Waals surface area contributed by atoms with Crippen LogP contribution >= 0.6 is 11.6 Å². The first-order valence-electron chi connectivity index (χ1n) is 6.23. The number of ketones is 1. The molecule has 1 aliphatic heterocycles. The molecule has 0 aliphatic carbocycles. The van der Waals surface area contributed by atoms with Gasteiger partial charge in [-0.15, -0.1) is 0 Å². The Bertz CT molecular complexity index is 473. The summed E-state index contributed by atoms with van der Waals surface area (Å²) in [6, 6.07) is 3.68. The van der Waals surface area contributed by atoms with Gasteiger partial charge in [0.2, 0.25) is 6.79 Å². The number of methoxy groups -OCH3 is 1. The third-order valence-electron chi connectivity index (χ3n) is 3.19. The number of hydrogen-bond acceptors (Lipinski definition) is 4. The molecule has 0 amide bonds. The van der Waals surface area contributed by atoms with Crippen LogP contribution in [-0.2, 0) is 16.0 Å². The van der Waals surface area contributed by atoms with Gasteiger partial charge in [-0.1, -0.05) is 11.6 Å². The molecule has 19 heavy (non-hydrogen) atoms. The van der Waals surface area contributed by atoms with E-state index in [1.807, 2.05) is 6.07 Å². The first-order chi connectivity index (χ1) is 9.11. The number of benzene rings is 1. The van der Waals surface area contributed by atoms with Crippen LogP contribution in [0.1, 0.15) is 25.3 Å². The van der Waals surface area contributed by atoms with Crippen LogP contribution in [0.15, 0.2) is 12.1 Å². The maximum Gasteiger partial charge on any atom is 0.231 e. The Morgan fingerprint density at radius 3 is 2.74 bits per heavy atom. The van der Waals surface area contributed by atoms with Crippen molar-refractivity contribution in [3.63, 3.8) is 0 Å². The minimum absolute atomic E-state index is 0.0549. The Labute approximate surface area is 117 Å². The Morgan fingerprint density at radius 2 is 2.11 bits per heavy atom. The molecule has 0 bridgehead atoms. The highest BCUT2D eigenvalue weighted by Gasteiger charge is 2.17. The fourth-order valence-corrected chi connectivity index (χ4v) is 2.36. The van der Waals surface area contributed by atoms with Gasteiger partial charge in [0.05, 0.1) is 0 Å². The van der Waals surface area contributed by atoms with Crippen molar-refractivity contribution in [3.8, 4) is 11.5 Å². The van der Waals surface area contributed by atoms with E-state index < -0.39 is 0 Å². The van der Waals surface area contributed by atoms with E-state index >= 15 is 0 Å². The van der Waals surface area contributed by atoms with Gasteiger partial charge in [0, 0.05) is 18.2 Å². The number of rotatable bonds is 6. The van der Waals surface area contributed by atoms with E-state index in [2.05, 4.69) is 0 Å². The summed E-state index contributed by atoms with van der Waals surface area (Å²) in [7, 11) is 1.56. The molecule has 0 radical (unpaired) electrons. The zero-order valence-corrected chi connectivity index (χ0v) is 11.8. The van der Waals surface area contributed by atoms with Crippen molar-refractivity contribution in [3.05, 3.63) is 22.7 Å². The van der Waals surface area contributed by atoms with Gasteiger partial charge in [-0.05, 0) is 37.8 Å². The number of hydrogen-bond donors (Lipinski definition) is 0. The summed E-state index contributed by atoms with van der Waals surface area (Å²) in [6.45, 7) is 1.78. The predicted molar refractivity (Wildman–Crippen MR) is 72.0 cm³/mol. The monoisotopic (exact) mass is 284 g/mol. The van der Waals surface area contributed by atoms with Crippen molar-refractivity contribution in [2.45, 2.75) is 32.3 Å². The van der Waals surface area contributed by atoms with Gasteiger partial charge in [-0.3, -0.25) is 4.79 Å². The lowest BCUT2D eigenvalue weighted by Crippen LogP contribution is -2.19. The number of carbonyl (C=O) groups is 1. The average Bonchev–Trinajstić information content (AvgIpc) is 2.81. The SMILES string of the molecule is COC(CCCc1cc2c(cc1Cl)OCO2)C(C)=O. The van der Waals surface area contributed by atoms with E-state index in [0.717, 1.165) is 24.2 Å². The molecule has 1 aromatic rings. The van der Waals surface area contributed by atoms with Gasteiger partial charge < -0.3 is 14.2 Å². The lowest BCUT2D eigenvalue weighted by Gasteiger charge is -2.12. The van der Waals surface area contributed by atoms with E-state index in [9.17, 15) is 4.79 Å². The summed E-state index contributed by atoms with van der Waals surface area (Å²) in [4.78, 5) is 11.3. The normalized spacial score (nSPS) is 14.5. The van der Waals surface area contributed by atoms with Crippen molar-refractivity contribution in [2.75, 3.05) is 13.9 Å². The largest absolute Gasteiger partial charge is 0.454 e. The molecular weight excluding hydrogens is 268 g/mol. The standard InChI is InChI=1S/C14H17ClO4/c1-9(16)12(17-2)5-3-4-10-6-13-14(7-11(10)15)19-8-18-13/h6-7,12H,3-5,8H2,1-2H3. The van der Waals surface area contributed by atoms with Crippen LogP contribution in [0.2, 0.25) is 5.02 Å². The fourth-order valence-electron chi connectivity index (χ4n) is 2.12. The molecule has 0 spiro atoms. The van der Waals surface area contributed by atoms with Crippen LogP contribution in [0.4, 0.5) is 0 Å². The summed E-state index contributed by atoms with van der Waals surface area (Å²) in [5.41, 5.74) is 1.00. The molecule has 0 N–H and O–H groups in total. The molecule has 1 unspecified atom stereocenters. The van der Waals surface area contributed by atoms with E-state index in [4.69, 9.17) is 25.8 Å². The number of aryl methyl sites for hydroxylation is 1. The molecule has 1 aromatic carbocycles. The van der Waals surface area contributed by atoms with E-state index in [1.165, 1.54) is 0 Å². The average molecular weight is 285 g/mol. The zero-order chi connectivity index (χ0) is 13.8. The first kappa shape index (κ1) is 14.2. The molecule has 5 heteroatoms. The number of Topliss-reactive ketones (excluding diaryl/α,β-unsaturated/α-hetero) is 1. The van der Waals surface area contributed by atoms with E-state index in [1.54, 1.807) is 20.1 Å². The molecule has 1 atom stereocenters. The van der Waals surface area contributed by atoms with Crippen LogP contribution < -0.4 is 9.47 Å². The molecule has 2 rings (SSSR count). The summed E-state index contributed by atoms with van der Waals surface area (Å²) in [5, 5.41) is 0.668. The fraction of sp³-hybridized carbons (Fsp3) is 0.500. The van der Waals surface area contributed by atoms with Crippen LogP contribution in [0.5, 0.6) is 11.5 Å². The molecule has 4 nitrogen and oxygen atoms in total. The van der Waals surface area contributed by atoms with Crippen molar-refractivity contribution in [1.29, 1.82) is 0 Å². The van der Waals surface area contributed by atoms with Crippen LogP contribution in [0.25, 0.3) is 0 Å². The minimum Gasteiger partial charge on any atom is -0.454 e. The number of fused-ring (bicyclic) bond motifs is 1. The smallest absolute Gasteiger partial charge is 0.231 e. The van der Waals surface area contributed by atoms with Crippen LogP contribution in [0, 0.1) is 0 Å². The second-order valence-electron chi connectivity index (χ2n) is 4.52. The lowest BCUT2D eigenvalue weighted by molar-refractivity contribution is -0.126. The van der Waals surface area contributed by atoms with E-state index in [-0.39, 0.29) is 18.7 Å². The van der Waals surface area contributed by atoms with Gasteiger partial charge in [-0.2, -0.15) is 0 Å². The molecule has 0 saturated heterocycles. The highest BCUT2D eigenvalue weighted by molar-refractivity contribution is 6.31. The van der Waals surface area contributed by atoms with Gasteiger partial charge in [0.25, 0.3) is 0 Å². The van der Waals surface area contributed by atoms with E-state index in [0.29, 0.717) is 17.2 Å². The summed E-state index contributed by atoms with van der Waals surface area (Å²) in [5.74, 6) is 1.47. The van der Waals surface area contributed by atoms with Gasteiger partial charge in [0.1, 0.15) is 6.10 Å². The Morgan fingerprint density at radius 1 is 1.42 bits per heavy atom. The van der Waals surface area contributed by atoms with Crippen molar-refractivity contribution in [1.82, 2.24) is 0 Å². The molecule has 1 aliphatic rings. The molecular formula is C14H17ClO4. The molecule has 0 aromatic heterocycles. The van der Waals surface area contributed by atoms with Crippen molar-refractivity contribution < 1.29 is 19.0 Å². The highest BCUT2D eigenvalue weighted by Crippen LogP contribution is 2.37. The summed E-state index contributed by atoms with van der Waals surface area (Å²) < 4.78 is 15.7. The maximum absolute atomic E-state index is 11.3. The maximum atomic E-state index is 11.3. The summed E-state index contributed by atoms with van der Waals surface area (Å²) >= 11 is 6.19. The second-order valence-corrected chi connectivity index (χ2v) is 4.93. The van der Waals surface area contributed by atoms with Crippen molar-refractivity contribution >= 4 is 17.4 Å². The summed E-state index contributed by atoms with van der Waals surface area (Å²) in [6.07, 6.45) is 1.98. The number of halogens is 1. The minimum atomic E-state index is -0.326. The number of ether oxygens (including phenoxy) is 3. The zero-order valence-electron chi connectivity index (χ0n) is 11.1. The first-order valence-corrected chi connectivity index (χ1v) is 6.61. The van der Waals surface area contributed by atoms with Gasteiger partial charge in [0.15, 0.2) is 17.3 Å².